The van der Waals surface area contributed by atoms with E-state index < -0.39 is 11.6 Å². The van der Waals surface area contributed by atoms with E-state index in [1.54, 1.807) is 0 Å². The Morgan fingerprint density at radius 3 is 1.81 bits per heavy atom. The third-order valence-corrected chi connectivity index (χ3v) is 7.75. The van der Waals surface area contributed by atoms with Crippen molar-refractivity contribution in [2.75, 3.05) is 0 Å². The van der Waals surface area contributed by atoms with Crippen molar-refractivity contribution in [3.05, 3.63) is 161 Å². The van der Waals surface area contributed by atoms with Gasteiger partial charge in [0, 0.05) is 6.20 Å². The molecule has 1 fully saturated rings. The summed E-state index contributed by atoms with van der Waals surface area (Å²) < 4.78 is 2.18. The highest BCUT2D eigenvalue weighted by Gasteiger charge is 2.39. The Morgan fingerprint density at radius 2 is 1.32 bits per heavy atom. The SMILES string of the molecule is CCc1cccc(C2CC2)c1C(O)c1cn(C(c2ccccc2)(c2ccccc2)c2ccccc2)cn1. The van der Waals surface area contributed by atoms with E-state index in [9.17, 15) is 5.11 Å². The lowest BCUT2D eigenvalue weighted by molar-refractivity contribution is 0.213. The van der Waals surface area contributed by atoms with Gasteiger partial charge in [0.05, 0.1) is 12.0 Å². The van der Waals surface area contributed by atoms with Crippen LogP contribution >= 0.6 is 0 Å². The molecule has 184 valence electrons. The average Bonchev–Trinajstić information content (AvgIpc) is 3.71. The van der Waals surface area contributed by atoms with Crippen LogP contribution in [-0.4, -0.2) is 14.7 Å². The smallest absolute Gasteiger partial charge is 0.123 e. The van der Waals surface area contributed by atoms with Crippen molar-refractivity contribution in [3.63, 3.8) is 0 Å². The second-order valence-corrected chi connectivity index (χ2v) is 9.96. The number of aliphatic hydroxyl groups is 1. The van der Waals surface area contributed by atoms with Gasteiger partial charge in [-0.2, -0.15) is 0 Å². The fourth-order valence-corrected chi connectivity index (χ4v) is 5.82. The third kappa shape index (κ3) is 4.10. The topological polar surface area (TPSA) is 38.0 Å². The van der Waals surface area contributed by atoms with E-state index in [0.29, 0.717) is 11.6 Å². The lowest BCUT2D eigenvalue weighted by Crippen LogP contribution is -2.37. The minimum atomic E-state index is -0.770. The molecule has 1 aliphatic rings. The number of benzene rings is 4. The number of aromatic nitrogens is 2. The molecule has 0 bridgehead atoms. The summed E-state index contributed by atoms with van der Waals surface area (Å²) in [6, 6.07) is 38.2. The zero-order chi connectivity index (χ0) is 25.2. The lowest BCUT2D eigenvalue weighted by Gasteiger charge is -2.37. The van der Waals surface area contributed by atoms with Crippen molar-refractivity contribution in [1.82, 2.24) is 9.55 Å². The first-order valence-corrected chi connectivity index (χ1v) is 13.2. The number of imidazole rings is 1. The molecule has 4 aromatic carbocycles. The van der Waals surface area contributed by atoms with Gasteiger partial charge in [-0.3, -0.25) is 0 Å². The van der Waals surface area contributed by atoms with Crippen LogP contribution in [0.25, 0.3) is 0 Å². The van der Waals surface area contributed by atoms with Crippen molar-refractivity contribution in [2.45, 2.75) is 43.7 Å². The molecule has 6 rings (SSSR count). The van der Waals surface area contributed by atoms with Crippen molar-refractivity contribution in [1.29, 1.82) is 0 Å². The summed E-state index contributed by atoms with van der Waals surface area (Å²) in [4.78, 5) is 4.84. The zero-order valence-electron chi connectivity index (χ0n) is 21.2. The number of hydrogen-bond acceptors (Lipinski definition) is 2. The predicted octanol–water partition coefficient (Wildman–Crippen LogP) is 7.24. The fourth-order valence-electron chi connectivity index (χ4n) is 5.82. The molecule has 0 amide bonds. The van der Waals surface area contributed by atoms with Crippen LogP contribution < -0.4 is 0 Å². The van der Waals surface area contributed by atoms with Gasteiger partial charge in [-0.05, 0) is 58.6 Å². The first-order chi connectivity index (χ1) is 18.2. The summed E-state index contributed by atoms with van der Waals surface area (Å²) in [6.07, 6.45) is 6.43. The van der Waals surface area contributed by atoms with E-state index in [0.717, 1.165) is 28.7 Å². The van der Waals surface area contributed by atoms with E-state index >= 15 is 0 Å². The van der Waals surface area contributed by atoms with Gasteiger partial charge in [-0.1, -0.05) is 116 Å². The van der Waals surface area contributed by atoms with Crippen LogP contribution in [0.1, 0.15) is 70.9 Å². The standard InChI is InChI=1S/C34H32N2O/c1-2-25-13-12-20-30(26-21-22-26)32(25)33(37)31-23-36(24-35-31)34(27-14-6-3-7-15-27,28-16-8-4-9-17-28)29-18-10-5-11-19-29/h3-20,23-24,26,33,37H,2,21-22H2,1H3. The highest BCUT2D eigenvalue weighted by molar-refractivity contribution is 5.51. The molecule has 1 N–H and O–H groups in total. The summed E-state index contributed by atoms with van der Waals surface area (Å²) >= 11 is 0. The monoisotopic (exact) mass is 484 g/mol. The molecule has 1 atom stereocenters. The maximum Gasteiger partial charge on any atom is 0.123 e. The normalized spacial score (nSPS) is 14.4. The van der Waals surface area contributed by atoms with E-state index in [1.165, 1.54) is 24.0 Å². The first kappa shape index (κ1) is 23.4. The molecule has 37 heavy (non-hydrogen) atoms. The van der Waals surface area contributed by atoms with Crippen LogP contribution in [0.3, 0.4) is 0 Å². The Bertz CT molecular complexity index is 1370. The van der Waals surface area contributed by atoms with Gasteiger partial charge in [0.15, 0.2) is 0 Å². The Hall–Kier alpha value is -3.95. The highest BCUT2D eigenvalue weighted by Crippen LogP contribution is 2.45. The molecule has 0 spiro atoms. The molecular weight excluding hydrogens is 452 g/mol. The largest absolute Gasteiger partial charge is 0.382 e. The Kier molecular flexibility index (Phi) is 6.23. The molecule has 1 unspecified atom stereocenters. The molecule has 1 aromatic heterocycles. The molecule has 0 saturated heterocycles. The predicted molar refractivity (Wildman–Crippen MR) is 149 cm³/mol. The van der Waals surface area contributed by atoms with Crippen LogP contribution in [0.15, 0.2) is 122 Å². The number of aryl methyl sites for hydroxylation is 1. The summed E-state index contributed by atoms with van der Waals surface area (Å²) in [6.45, 7) is 2.16. The van der Waals surface area contributed by atoms with Gasteiger partial charge in [0.1, 0.15) is 11.6 Å². The molecule has 1 heterocycles. The van der Waals surface area contributed by atoms with Crippen molar-refractivity contribution in [3.8, 4) is 0 Å². The van der Waals surface area contributed by atoms with Crippen molar-refractivity contribution < 1.29 is 5.11 Å². The van der Waals surface area contributed by atoms with Crippen LogP contribution in [-0.2, 0) is 12.0 Å². The van der Waals surface area contributed by atoms with Gasteiger partial charge in [0.2, 0.25) is 0 Å². The Balaban J connectivity index is 1.56. The first-order valence-electron chi connectivity index (χ1n) is 13.2. The molecule has 5 aromatic rings. The maximum atomic E-state index is 11.8. The van der Waals surface area contributed by atoms with Gasteiger partial charge in [0.25, 0.3) is 0 Å². The number of hydrogen-bond donors (Lipinski definition) is 1. The molecular formula is C34H32N2O. The van der Waals surface area contributed by atoms with Gasteiger partial charge in [-0.25, -0.2) is 4.98 Å². The summed E-state index contributed by atoms with van der Waals surface area (Å²) in [5.41, 5.74) is 6.97. The van der Waals surface area contributed by atoms with Crippen LogP contribution in [0.2, 0.25) is 0 Å². The number of rotatable bonds is 8. The molecule has 3 nitrogen and oxygen atoms in total. The molecule has 0 radical (unpaired) electrons. The minimum Gasteiger partial charge on any atom is -0.382 e. The van der Waals surface area contributed by atoms with E-state index in [1.807, 2.05) is 12.5 Å². The maximum absolute atomic E-state index is 11.8. The average molecular weight is 485 g/mol. The molecule has 0 aliphatic heterocycles. The summed E-state index contributed by atoms with van der Waals surface area (Å²) in [7, 11) is 0. The van der Waals surface area contributed by atoms with E-state index in [2.05, 4.69) is 121 Å². The highest BCUT2D eigenvalue weighted by atomic mass is 16.3. The number of nitrogens with zero attached hydrogens (tertiary/aromatic N) is 2. The van der Waals surface area contributed by atoms with Crippen molar-refractivity contribution >= 4 is 0 Å². The van der Waals surface area contributed by atoms with Crippen LogP contribution in [0.4, 0.5) is 0 Å². The summed E-state index contributed by atoms with van der Waals surface area (Å²) in [5.74, 6) is 0.551. The summed E-state index contributed by atoms with van der Waals surface area (Å²) in [5, 5.41) is 11.8. The molecule has 1 saturated carbocycles. The van der Waals surface area contributed by atoms with E-state index in [4.69, 9.17) is 4.98 Å². The van der Waals surface area contributed by atoms with Crippen molar-refractivity contribution in [2.24, 2.45) is 0 Å². The second kappa shape index (κ2) is 9.84. The number of aliphatic hydroxyl groups excluding tert-OH is 1. The van der Waals surface area contributed by atoms with Crippen LogP contribution in [0.5, 0.6) is 0 Å². The molecule has 1 aliphatic carbocycles. The van der Waals surface area contributed by atoms with E-state index in [-0.39, 0.29) is 0 Å². The lowest BCUT2D eigenvalue weighted by atomic mass is 9.76. The zero-order valence-corrected chi connectivity index (χ0v) is 21.2. The molecule has 3 heteroatoms. The minimum absolute atomic E-state index is 0.551. The van der Waals surface area contributed by atoms with Crippen LogP contribution in [0, 0.1) is 0 Å². The quantitative estimate of drug-likeness (QED) is 0.236. The third-order valence-electron chi connectivity index (χ3n) is 7.75. The van der Waals surface area contributed by atoms with Gasteiger partial charge >= 0.3 is 0 Å². The second-order valence-electron chi connectivity index (χ2n) is 9.96. The Labute approximate surface area is 219 Å². The van der Waals surface area contributed by atoms with Gasteiger partial charge in [-0.15, -0.1) is 0 Å². The fraction of sp³-hybridized carbons (Fsp3) is 0.206. The Morgan fingerprint density at radius 1 is 0.784 bits per heavy atom. The van der Waals surface area contributed by atoms with Gasteiger partial charge < -0.3 is 9.67 Å².